The molecule has 0 radical (unpaired) electrons. The molecule has 0 aliphatic carbocycles. The van der Waals surface area contributed by atoms with E-state index in [2.05, 4.69) is 44.6 Å². The summed E-state index contributed by atoms with van der Waals surface area (Å²) in [4.78, 5) is 20.3. The molecule has 7 nitrogen and oxygen atoms in total. The third-order valence-electron chi connectivity index (χ3n) is 4.53. The summed E-state index contributed by atoms with van der Waals surface area (Å²) in [6.07, 6.45) is 9.46. The average Bonchev–Trinajstić information content (AvgIpc) is 2.82. The first kappa shape index (κ1) is 17.4. The number of hydrogen-bond donors (Lipinski definition) is 2. The smallest absolute Gasteiger partial charge is 0.223 e. The van der Waals surface area contributed by atoms with Gasteiger partial charge >= 0.3 is 0 Å². The summed E-state index contributed by atoms with van der Waals surface area (Å²) < 4.78 is 0. The van der Waals surface area contributed by atoms with E-state index >= 15 is 0 Å². The van der Waals surface area contributed by atoms with Crippen molar-refractivity contribution < 1.29 is 0 Å². The van der Waals surface area contributed by atoms with Crippen molar-refractivity contribution in [3.05, 3.63) is 43.0 Å². The molecular weight excluding hydrogens is 338 g/mol. The quantitative estimate of drug-likeness (QED) is 0.510. The fraction of sp³-hybridized carbons (Fsp3) is 0.300. The van der Waals surface area contributed by atoms with Gasteiger partial charge in [0, 0.05) is 41.8 Å². The van der Waals surface area contributed by atoms with E-state index < -0.39 is 0 Å². The third-order valence-corrected chi connectivity index (χ3v) is 4.53. The van der Waals surface area contributed by atoms with Crippen LogP contribution in [0.2, 0.25) is 0 Å². The zero-order valence-corrected chi connectivity index (χ0v) is 15.6. The van der Waals surface area contributed by atoms with Gasteiger partial charge in [0.15, 0.2) is 0 Å². The number of fused-ring (bicyclic) bond motifs is 5. The van der Waals surface area contributed by atoms with Gasteiger partial charge in [-0.05, 0) is 51.7 Å². The number of nitrogens with one attached hydrogen (secondary N) is 2. The minimum atomic E-state index is 0.644. The van der Waals surface area contributed by atoms with E-state index in [1.165, 1.54) is 0 Å². The second-order valence-corrected chi connectivity index (χ2v) is 6.84. The summed E-state index contributed by atoms with van der Waals surface area (Å²) in [7, 11) is 4.19. The van der Waals surface area contributed by atoms with E-state index in [-0.39, 0.29) is 0 Å². The largest absolute Gasteiger partial charge is 0.354 e. The molecule has 27 heavy (non-hydrogen) atoms. The Morgan fingerprint density at radius 3 is 2.81 bits per heavy atom. The summed E-state index contributed by atoms with van der Waals surface area (Å²) in [5.41, 5.74) is 4.74. The van der Waals surface area contributed by atoms with E-state index in [1.807, 2.05) is 24.4 Å². The van der Waals surface area contributed by atoms with Crippen molar-refractivity contribution in [3.8, 4) is 22.4 Å². The third kappa shape index (κ3) is 3.73. The van der Waals surface area contributed by atoms with Crippen molar-refractivity contribution in [3.63, 3.8) is 0 Å². The van der Waals surface area contributed by atoms with Gasteiger partial charge in [-0.25, -0.2) is 15.0 Å². The molecule has 1 aliphatic heterocycles. The lowest BCUT2D eigenvalue weighted by molar-refractivity contribution is 0.396. The Labute approximate surface area is 158 Å². The molecule has 0 amide bonds. The molecule has 0 atom stereocenters. The highest BCUT2D eigenvalue weighted by Gasteiger charge is 2.21. The molecule has 0 spiro atoms. The maximum Gasteiger partial charge on any atom is 0.223 e. The zero-order chi connectivity index (χ0) is 18.6. The van der Waals surface area contributed by atoms with Crippen LogP contribution in [0.3, 0.4) is 0 Å². The van der Waals surface area contributed by atoms with Crippen LogP contribution < -0.4 is 10.6 Å². The van der Waals surface area contributed by atoms with E-state index in [4.69, 9.17) is 4.98 Å². The standard InChI is InChI=1S/C20H23N7/c1-27(2)11-4-3-8-23-20-24-12-16-14-7-10-21-13-17(14)25-19-15(18(16)26-20)6-5-9-22-19/h5-7,9-10,12-13H,3-4,8,11H2,1-2H3,(H,22,25)(H,23,24,26). The zero-order valence-electron chi connectivity index (χ0n) is 15.6. The minimum absolute atomic E-state index is 0.644. The van der Waals surface area contributed by atoms with Crippen LogP contribution in [-0.2, 0) is 0 Å². The number of aromatic nitrogens is 4. The highest BCUT2D eigenvalue weighted by Crippen LogP contribution is 2.41. The van der Waals surface area contributed by atoms with Gasteiger partial charge < -0.3 is 15.5 Å². The second kappa shape index (κ2) is 7.67. The van der Waals surface area contributed by atoms with Gasteiger partial charge in [0.2, 0.25) is 5.95 Å². The van der Waals surface area contributed by atoms with Crippen LogP contribution in [0.25, 0.3) is 22.4 Å². The Balaban J connectivity index is 1.64. The van der Waals surface area contributed by atoms with Crippen LogP contribution in [0.5, 0.6) is 0 Å². The van der Waals surface area contributed by atoms with Crippen molar-refractivity contribution >= 4 is 17.5 Å². The van der Waals surface area contributed by atoms with E-state index in [9.17, 15) is 0 Å². The molecule has 4 rings (SSSR count). The number of unbranched alkanes of at least 4 members (excludes halogenated alkanes) is 1. The molecule has 3 aromatic rings. The van der Waals surface area contributed by atoms with Crippen LogP contribution >= 0.6 is 0 Å². The van der Waals surface area contributed by atoms with Crippen molar-refractivity contribution in [2.75, 3.05) is 37.8 Å². The Kier molecular flexibility index (Phi) is 4.93. The number of rotatable bonds is 6. The molecule has 0 unspecified atom stereocenters. The van der Waals surface area contributed by atoms with Crippen molar-refractivity contribution in [2.45, 2.75) is 12.8 Å². The molecule has 0 saturated carbocycles. The summed E-state index contributed by atoms with van der Waals surface area (Å²) in [5.74, 6) is 1.42. The number of hydrogen-bond acceptors (Lipinski definition) is 7. The number of anilines is 3. The monoisotopic (exact) mass is 361 g/mol. The SMILES string of the molecule is CN(C)CCCCNc1ncc2c(n1)-c1cccnc1Nc1cnccc1-2. The highest BCUT2D eigenvalue weighted by atomic mass is 15.1. The molecule has 0 aromatic carbocycles. The lowest BCUT2D eigenvalue weighted by Gasteiger charge is -2.12. The average molecular weight is 361 g/mol. The molecular formula is C20H23N7. The first-order valence-corrected chi connectivity index (χ1v) is 9.15. The highest BCUT2D eigenvalue weighted by molar-refractivity contribution is 5.95. The van der Waals surface area contributed by atoms with E-state index in [0.717, 1.165) is 59.8 Å². The maximum absolute atomic E-state index is 4.81. The fourth-order valence-electron chi connectivity index (χ4n) is 3.18. The van der Waals surface area contributed by atoms with Gasteiger partial charge in [0.05, 0.1) is 17.6 Å². The number of pyridine rings is 2. The van der Waals surface area contributed by atoms with Crippen LogP contribution in [0.4, 0.5) is 17.5 Å². The molecule has 3 aromatic heterocycles. The van der Waals surface area contributed by atoms with Gasteiger partial charge in [-0.3, -0.25) is 4.98 Å². The summed E-state index contributed by atoms with van der Waals surface area (Å²) >= 11 is 0. The molecule has 2 N–H and O–H groups in total. The minimum Gasteiger partial charge on any atom is -0.354 e. The second-order valence-electron chi connectivity index (χ2n) is 6.84. The predicted molar refractivity (Wildman–Crippen MR) is 108 cm³/mol. The first-order chi connectivity index (χ1) is 13.2. The van der Waals surface area contributed by atoms with Crippen molar-refractivity contribution in [1.29, 1.82) is 0 Å². The predicted octanol–water partition coefficient (Wildman–Crippen LogP) is 3.41. The van der Waals surface area contributed by atoms with Crippen LogP contribution in [-0.4, -0.2) is 52.0 Å². The molecule has 0 saturated heterocycles. The molecule has 138 valence electrons. The molecule has 1 aliphatic rings. The van der Waals surface area contributed by atoms with Crippen LogP contribution in [0.1, 0.15) is 12.8 Å². The van der Waals surface area contributed by atoms with E-state index in [0.29, 0.717) is 5.95 Å². The van der Waals surface area contributed by atoms with E-state index in [1.54, 1.807) is 18.6 Å². The Hall–Kier alpha value is -3.06. The normalized spacial score (nSPS) is 11.8. The summed E-state index contributed by atoms with van der Waals surface area (Å²) in [6, 6.07) is 5.93. The van der Waals surface area contributed by atoms with Crippen LogP contribution in [0, 0.1) is 0 Å². The van der Waals surface area contributed by atoms with Crippen molar-refractivity contribution in [1.82, 2.24) is 24.8 Å². The van der Waals surface area contributed by atoms with Gasteiger partial charge in [-0.1, -0.05) is 0 Å². The Morgan fingerprint density at radius 2 is 1.93 bits per heavy atom. The molecule has 0 bridgehead atoms. The van der Waals surface area contributed by atoms with Crippen LogP contribution in [0.15, 0.2) is 43.0 Å². The van der Waals surface area contributed by atoms with Gasteiger partial charge in [0.1, 0.15) is 5.82 Å². The lowest BCUT2D eigenvalue weighted by Crippen LogP contribution is -2.14. The van der Waals surface area contributed by atoms with Gasteiger partial charge in [0.25, 0.3) is 0 Å². The lowest BCUT2D eigenvalue weighted by atomic mass is 10.0. The summed E-state index contributed by atoms with van der Waals surface area (Å²) in [5, 5.41) is 6.72. The Bertz CT molecular complexity index is 939. The van der Waals surface area contributed by atoms with Gasteiger partial charge in [-0.2, -0.15) is 0 Å². The molecule has 0 fully saturated rings. The first-order valence-electron chi connectivity index (χ1n) is 9.15. The molecule has 7 heteroatoms. The topological polar surface area (TPSA) is 78.9 Å². The molecule has 4 heterocycles. The fourth-order valence-corrected chi connectivity index (χ4v) is 3.18. The van der Waals surface area contributed by atoms with Gasteiger partial charge in [-0.15, -0.1) is 0 Å². The number of nitrogens with zero attached hydrogens (tertiary/aromatic N) is 5. The van der Waals surface area contributed by atoms with Crippen molar-refractivity contribution in [2.24, 2.45) is 0 Å². The Morgan fingerprint density at radius 1 is 1.00 bits per heavy atom. The summed E-state index contributed by atoms with van der Waals surface area (Å²) in [6.45, 7) is 1.94. The maximum atomic E-state index is 4.81.